The summed E-state index contributed by atoms with van der Waals surface area (Å²) >= 11 is 0. The van der Waals surface area contributed by atoms with E-state index >= 15 is 0 Å². The standard InChI is InChI=1S/C9H12N2O.C2H6/c1-11(2)6-8-4-3-5-10-9(8)7-12;1-2/h3-5,7H,6H2,1-2H3;1-2H3. The van der Waals surface area contributed by atoms with Crippen LogP contribution in [0.1, 0.15) is 29.9 Å². The van der Waals surface area contributed by atoms with Crippen LogP contribution in [-0.2, 0) is 6.54 Å². The van der Waals surface area contributed by atoms with Crippen molar-refractivity contribution in [1.82, 2.24) is 9.88 Å². The Labute approximate surface area is 85.8 Å². The predicted molar refractivity (Wildman–Crippen MR) is 58.4 cm³/mol. The lowest BCUT2D eigenvalue weighted by molar-refractivity contribution is 0.111. The molecule has 3 nitrogen and oxygen atoms in total. The van der Waals surface area contributed by atoms with Gasteiger partial charge < -0.3 is 4.90 Å². The summed E-state index contributed by atoms with van der Waals surface area (Å²) in [4.78, 5) is 16.5. The van der Waals surface area contributed by atoms with E-state index in [1.54, 1.807) is 6.20 Å². The summed E-state index contributed by atoms with van der Waals surface area (Å²) in [7, 11) is 3.92. The predicted octanol–water partition coefficient (Wildman–Crippen LogP) is 1.98. The molecule has 0 aromatic carbocycles. The Hall–Kier alpha value is -1.22. The van der Waals surface area contributed by atoms with Crippen LogP contribution in [0.15, 0.2) is 18.3 Å². The molecule has 0 aliphatic carbocycles. The van der Waals surface area contributed by atoms with Crippen molar-refractivity contribution in [2.75, 3.05) is 14.1 Å². The van der Waals surface area contributed by atoms with Gasteiger partial charge >= 0.3 is 0 Å². The molecule has 0 radical (unpaired) electrons. The topological polar surface area (TPSA) is 33.2 Å². The van der Waals surface area contributed by atoms with Crippen LogP contribution >= 0.6 is 0 Å². The summed E-state index contributed by atoms with van der Waals surface area (Å²) in [6.07, 6.45) is 2.42. The molecule has 0 fully saturated rings. The Morgan fingerprint density at radius 2 is 2.07 bits per heavy atom. The van der Waals surface area contributed by atoms with Crippen LogP contribution < -0.4 is 0 Å². The number of carbonyl (C=O) groups is 1. The summed E-state index contributed by atoms with van der Waals surface area (Å²) in [5.74, 6) is 0. The van der Waals surface area contributed by atoms with Gasteiger partial charge in [0.1, 0.15) is 5.69 Å². The lowest BCUT2D eigenvalue weighted by Gasteiger charge is -2.09. The quantitative estimate of drug-likeness (QED) is 0.690. The molecular formula is C11H18N2O. The zero-order chi connectivity index (χ0) is 11.0. The third kappa shape index (κ3) is 4.14. The minimum Gasteiger partial charge on any atom is -0.305 e. The molecule has 0 saturated carbocycles. The van der Waals surface area contributed by atoms with Crippen LogP contribution in [0.4, 0.5) is 0 Å². The fraction of sp³-hybridized carbons (Fsp3) is 0.455. The molecule has 1 aromatic heterocycles. The summed E-state index contributed by atoms with van der Waals surface area (Å²) in [5, 5.41) is 0. The van der Waals surface area contributed by atoms with Gasteiger partial charge in [-0.05, 0) is 25.7 Å². The van der Waals surface area contributed by atoms with Crippen molar-refractivity contribution < 1.29 is 4.79 Å². The highest BCUT2D eigenvalue weighted by Gasteiger charge is 2.01. The largest absolute Gasteiger partial charge is 0.305 e. The first-order valence-electron chi connectivity index (χ1n) is 4.78. The van der Waals surface area contributed by atoms with Gasteiger partial charge in [-0.25, -0.2) is 0 Å². The van der Waals surface area contributed by atoms with Gasteiger partial charge in [-0.3, -0.25) is 9.78 Å². The van der Waals surface area contributed by atoms with Crippen molar-refractivity contribution in [2.24, 2.45) is 0 Å². The van der Waals surface area contributed by atoms with Gasteiger partial charge in [-0.2, -0.15) is 0 Å². The summed E-state index contributed by atoms with van der Waals surface area (Å²) in [6, 6.07) is 3.75. The van der Waals surface area contributed by atoms with Crippen LogP contribution in [0.25, 0.3) is 0 Å². The lowest BCUT2D eigenvalue weighted by Crippen LogP contribution is -2.12. The van der Waals surface area contributed by atoms with Gasteiger partial charge in [-0.1, -0.05) is 19.9 Å². The zero-order valence-electron chi connectivity index (χ0n) is 9.32. The Morgan fingerprint density at radius 3 is 2.57 bits per heavy atom. The number of aromatic nitrogens is 1. The van der Waals surface area contributed by atoms with Crippen LogP contribution in [0.5, 0.6) is 0 Å². The Bertz CT molecular complexity index is 272. The lowest BCUT2D eigenvalue weighted by atomic mass is 10.2. The molecule has 1 heterocycles. The zero-order valence-corrected chi connectivity index (χ0v) is 9.32. The van der Waals surface area contributed by atoms with Gasteiger partial charge in [0.15, 0.2) is 6.29 Å². The summed E-state index contributed by atoms with van der Waals surface area (Å²) in [6.45, 7) is 4.75. The van der Waals surface area contributed by atoms with E-state index in [2.05, 4.69) is 4.98 Å². The molecule has 14 heavy (non-hydrogen) atoms. The normalized spacial score (nSPS) is 9.21. The van der Waals surface area contributed by atoms with Crippen LogP contribution in [-0.4, -0.2) is 30.3 Å². The van der Waals surface area contributed by atoms with E-state index in [0.717, 1.165) is 18.4 Å². The van der Waals surface area contributed by atoms with Gasteiger partial charge in [0.2, 0.25) is 0 Å². The molecule has 0 bridgehead atoms. The summed E-state index contributed by atoms with van der Waals surface area (Å²) in [5.41, 5.74) is 1.50. The molecule has 0 aliphatic heterocycles. The Morgan fingerprint density at radius 1 is 1.43 bits per heavy atom. The maximum atomic E-state index is 10.5. The molecule has 0 saturated heterocycles. The van der Waals surface area contributed by atoms with Crippen molar-refractivity contribution >= 4 is 6.29 Å². The van der Waals surface area contributed by atoms with E-state index in [0.29, 0.717) is 5.69 Å². The monoisotopic (exact) mass is 194 g/mol. The number of hydrogen-bond acceptors (Lipinski definition) is 3. The second-order valence-corrected chi connectivity index (χ2v) is 2.90. The molecule has 1 rings (SSSR count). The van der Waals surface area contributed by atoms with Gasteiger partial charge in [0, 0.05) is 12.7 Å². The molecule has 3 heteroatoms. The van der Waals surface area contributed by atoms with Crippen molar-refractivity contribution in [3.8, 4) is 0 Å². The Kier molecular flexibility index (Phi) is 6.58. The first-order chi connectivity index (χ1) is 6.74. The van der Waals surface area contributed by atoms with E-state index < -0.39 is 0 Å². The van der Waals surface area contributed by atoms with E-state index in [9.17, 15) is 4.79 Å². The third-order valence-corrected chi connectivity index (χ3v) is 1.52. The Balaban J connectivity index is 0.000000791. The molecule has 0 atom stereocenters. The third-order valence-electron chi connectivity index (χ3n) is 1.52. The highest BCUT2D eigenvalue weighted by atomic mass is 16.1. The van der Waals surface area contributed by atoms with E-state index in [1.807, 2.05) is 45.0 Å². The number of rotatable bonds is 3. The van der Waals surface area contributed by atoms with Crippen LogP contribution in [0, 0.1) is 0 Å². The highest BCUT2D eigenvalue weighted by molar-refractivity contribution is 5.73. The second-order valence-electron chi connectivity index (χ2n) is 2.90. The minimum atomic E-state index is 0.534. The first-order valence-corrected chi connectivity index (χ1v) is 4.78. The number of carbonyl (C=O) groups excluding carboxylic acids is 1. The highest BCUT2D eigenvalue weighted by Crippen LogP contribution is 2.04. The average Bonchev–Trinajstić information content (AvgIpc) is 2.21. The van der Waals surface area contributed by atoms with Gasteiger partial charge in [0.05, 0.1) is 0 Å². The molecule has 78 valence electrons. The molecule has 0 amide bonds. The van der Waals surface area contributed by atoms with Crippen LogP contribution in [0.3, 0.4) is 0 Å². The maximum absolute atomic E-state index is 10.5. The van der Waals surface area contributed by atoms with Crippen molar-refractivity contribution in [3.05, 3.63) is 29.6 Å². The van der Waals surface area contributed by atoms with Gasteiger partial charge in [0.25, 0.3) is 0 Å². The van der Waals surface area contributed by atoms with Gasteiger partial charge in [-0.15, -0.1) is 0 Å². The van der Waals surface area contributed by atoms with Crippen molar-refractivity contribution in [2.45, 2.75) is 20.4 Å². The van der Waals surface area contributed by atoms with E-state index in [1.165, 1.54) is 0 Å². The van der Waals surface area contributed by atoms with Crippen molar-refractivity contribution in [1.29, 1.82) is 0 Å². The fourth-order valence-corrected chi connectivity index (χ4v) is 1.03. The SMILES string of the molecule is CC.CN(C)Cc1cccnc1C=O. The molecular weight excluding hydrogens is 176 g/mol. The number of pyridine rings is 1. The number of nitrogens with zero attached hydrogens (tertiary/aromatic N) is 2. The molecule has 1 aromatic rings. The minimum absolute atomic E-state index is 0.534. The number of aldehydes is 1. The smallest absolute Gasteiger partial charge is 0.168 e. The number of hydrogen-bond donors (Lipinski definition) is 0. The first kappa shape index (κ1) is 12.8. The van der Waals surface area contributed by atoms with E-state index in [4.69, 9.17) is 0 Å². The molecule has 0 N–H and O–H groups in total. The maximum Gasteiger partial charge on any atom is 0.168 e. The molecule has 0 spiro atoms. The fourth-order valence-electron chi connectivity index (χ4n) is 1.03. The average molecular weight is 194 g/mol. The second kappa shape index (κ2) is 7.21. The van der Waals surface area contributed by atoms with Crippen LogP contribution in [0.2, 0.25) is 0 Å². The van der Waals surface area contributed by atoms with Crippen molar-refractivity contribution in [3.63, 3.8) is 0 Å². The molecule has 0 unspecified atom stereocenters. The van der Waals surface area contributed by atoms with E-state index in [-0.39, 0.29) is 0 Å². The summed E-state index contributed by atoms with van der Waals surface area (Å²) < 4.78 is 0. The molecule has 0 aliphatic rings.